The number of rotatable bonds is 1. The molecule has 0 spiro atoms. The van der Waals surface area contributed by atoms with Crippen molar-refractivity contribution in [3.8, 4) is 11.4 Å². The Balaban J connectivity index is 2.24. The van der Waals surface area contributed by atoms with E-state index in [1.54, 1.807) is 12.3 Å². The Kier molecular flexibility index (Phi) is 1.72. The molecule has 1 N–H and O–H groups in total. The van der Waals surface area contributed by atoms with E-state index in [1.165, 1.54) is 12.6 Å². The van der Waals surface area contributed by atoms with E-state index in [0.29, 0.717) is 16.7 Å². The highest BCUT2D eigenvalue weighted by Gasteiger charge is 2.11. The van der Waals surface area contributed by atoms with Gasteiger partial charge in [0, 0.05) is 0 Å². The molecule has 3 aromatic rings. The molecule has 74 valence electrons. The van der Waals surface area contributed by atoms with E-state index >= 15 is 0 Å². The molecule has 0 saturated carbocycles. The van der Waals surface area contributed by atoms with E-state index in [2.05, 4.69) is 19.9 Å². The summed E-state index contributed by atoms with van der Waals surface area (Å²) in [5, 5.41) is 0.307. The molecule has 0 aliphatic heterocycles. The van der Waals surface area contributed by atoms with Crippen molar-refractivity contribution in [1.29, 1.82) is 0 Å². The van der Waals surface area contributed by atoms with Crippen molar-refractivity contribution in [2.75, 3.05) is 0 Å². The fourth-order valence-corrected chi connectivity index (χ4v) is 1.56. The zero-order chi connectivity index (χ0) is 10.3. The van der Waals surface area contributed by atoms with Crippen LogP contribution in [0.5, 0.6) is 0 Å². The molecule has 0 aliphatic rings. The van der Waals surface area contributed by atoms with Crippen molar-refractivity contribution in [3.05, 3.63) is 30.1 Å². The molecule has 0 unspecified atom stereocenters. The average molecular weight is 221 g/mol. The van der Waals surface area contributed by atoms with Crippen LogP contribution in [0.2, 0.25) is 5.22 Å². The molecule has 0 radical (unpaired) electrons. The minimum absolute atomic E-state index is 0.307. The van der Waals surface area contributed by atoms with Gasteiger partial charge in [0.25, 0.3) is 0 Å². The van der Waals surface area contributed by atoms with Gasteiger partial charge in [-0.15, -0.1) is 0 Å². The van der Waals surface area contributed by atoms with Crippen LogP contribution >= 0.6 is 11.6 Å². The van der Waals surface area contributed by atoms with Crippen molar-refractivity contribution in [1.82, 2.24) is 19.9 Å². The normalized spacial score (nSPS) is 11.0. The van der Waals surface area contributed by atoms with Gasteiger partial charge in [-0.05, 0) is 17.7 Å². The first-order valence-electron chi connectivity index (χ1n) is 4.23. The van der Waals surface area contributed by atoms with Gasteiger partial charge in [-0.25, -0.2) is 15.0 Å². The zero-order valence-electron chi connectivity index (χ0n) is 7.44. The smallest absolute Gasteiger partial charge is 0.203 e. The lowest BCUT2D eigenvalue weighted by Crippen LogP contribution is -1.77. The van der Waals surface area contributed by atoms with Crippen molar-refractivity contribution in [2.45, 2.75) is 0 Å². The number of halogens is 1. The summed E-state index contributed by atoms with van der Waals surface area (Å²) in [5.74, 6) is 0.629. The summed E-state index contributed by atoms with van der Waals surface area (Å²) in [6.45, 7) is 0. The van der Waals surface area contributed by atoms with Gasteiger partial charge in [-0.2, -0.15) is 0 Å². The lowest BCUT2D eigenvalue weighted by atomic mass is 10.3. The molecule has 0 fully saturated rings. The van der Waals surface area contributed by atoms with E-state index in [9.17, 15) is 0 Å². The first-order chi connectivity index (χ1) is 7.34. The second-order valence-electron chi connectivity index (χ2n) is 2.95. The fourth-order valence-electron chi connectivity index (χ4n) is 1.35. The molecule has 15 heavy (non-hydrogen) atoms. The monoisotopic (exact) mass is 220 g/mol. The van der Waals surface area contributed by atoms with Crippen molar-refractivity contribution in [2.24, 2.45) is 0 Å². The number of hydrogen-bond acceptors (Lipinski definition) is 4. The zero-order valence-corrected chi connectivity index (χ0v) is 8.19. The number of aromatic nitrogens is 4. The van der Waals surface area contributed by atoms with Gasteiger partial charge >= 0.3 is 0 Å². The van der Waals surface area contributed by atoms with E-state index in [4.69, 9.17) is 16.0 Å². The van der Waals surface area contributed by atoms with Gasteiger partial charge < -0.3 is 9.40 Å². The van der Waals surface area contributed by atoms with Crippen LogP contribution in [0.25, 0.3) is 22.6 Å². The lowest BCUT2D eigenvalue weighted by Gasteiger charge is -1.88. The van der Waals surface area contributed by atoms with Crippen LogP contribution in [0.3, 0.4) is 0 Å². The molecule has 3 aromatic heterocycles. The molecule has 5 nitrogen and oxygen atoms in total. The van der Waals surface area contributed by atoms with Crippen LogP contribution in [0.1, 0.15) is 0 Å². The number of hydrogen-bond donors (Lipinski definition) is 1. The van der Waals surface area contributed by atoms with Gasteiger partial charge in [-0.1, -0.05) is 0 Å². The molecular formula is C9H5ClN4O. The molecule has 0 saturated heterocycles. The van der Waals surface area contributed by atoms with Crippen LogP contribution in [0.15, 0.2) is 29.3 Å². The number of H-pyrrole nitrogens is 1. The molecule has 0 aromatic carbocycles. The standard InChI is InChI=1S/C9H5ClN4O/c10-7-5(1-2-15-7)8-13-6-3-11-4-12-9(6)14-8/h1-4H,(H,11,12,13,14). The highest BCUT2D eigenvalue weighted by Crippen LogP contribution is 2.27. The van der Waals surface area contributed by atoms with Crippen LogP contribution in [-0.4, -0.2) is 19.9 Å². The minimum atomic E-state index is 0.307. The Morgan fingerprint density at radius 3 is 3.07 bits per heavy atom. The second kappa shape index (κ2) is 3.06. The number of aromatic amines is 1. The summed E-state index contributed by atoms with van der Waals surface area (Å²) in [5.41, 5.74) is 2.09. The highest BCUT2D eigenvalue weighted by molar-refractivity contribution is 6.31. The SMILES string of the molecule is Clc1occc1-c1nc2ncncc2[nH]1. The Hall–Kier alpha value is -1.88. The molecule has 0 amide bonds. The van der Waals surface area contributed by atoms with Crippen molar-refractivity contribution in [3.63, 3.8) is 0 Å². The summed E-state index contributed by atoms with van der Waals surface area (Å²) < 4.78 is 4.98. The topological polar surface area (TPSA) is 67.6 Å². The van der Waals surface area contributed by atoms with Gasteiger partial charge in [0.2, 0.25) is 5.22 Å². The maximum absolute atomic E-state index is 5.84. The number of imidazole rings is 1. The maximum atomic E-state index is 5.84. The van der Waals surface area contributed by atoms with Gasteiger partial charge in [0.15, 0.2) is 5.65 Å². The average Bonchev–Trinajstić information content (AvgIpc) is 2.82. The summed E-state index contributed by atoms with van der Waals surface area (Å²) >= 11 is 5.84. The quantitative estimate of drug-likeness (QED) is 0.683. The number of nitrogens with one attached hydrogen (secondary N) is 1. The summed E-state index contributed by atoms with van der Waals surface area (Å²) in [7, 11) is 0. The summed E-state index contributed by atoms with van der Waals surface area (Å²) in [6, 6.07) is 1.74. The van der Waals surface area contributed by atoms with Crippen LogP contribution < -0.4 is 0 Å². The molecule has 0 bridgehead atoms. The molecule has 3 rings (SSSR count). The summed E-state index contributed by atoms with van der Waals surface area (Å²) in [6.07, 6.45) is 4.62. The minimum Gasteiger partial charge on any atom is -0.452 e. The molecule has 0 atom stereocenters. The predicted molar refractivity (Wildman–Crippen MR) is 54.4 cm³/mol. The fraction of sp³-hybridized carbons (Fsp3) is 0. The van der Waals surface area contributed by atoms with Gasteiger partial charge in [0.05, 0.1) is 18.0 Å². The third kappa shape index (κ3) is 1.28. The first-order valence-corrected chi connectivity index (χ1v) is 4.61. The van der Waals surface area contributed by atoms with Gasteiger partial charge in [0.1, 0.15) is 17.7 Å². The Bertz CT molecular complexity index is 582. The third-order valence-corrected chi connectivity index (χ3v) is 2.33. The predicted octanol–water partition coefficient (Wildman–Crippen LogP) is 2.27. The molecule has 0 aliphatic carbocycles. The first kappa shape index (κ1) is 8.43. The number of fused-ring (bicyclic) bond motifs is 1. The lowest BCUT2D eigenvalue weighted by molar-refractivity contribution is 0.570. The van der Waals surface area contributed by atoms with Crippen molar-refractivity contribution >= 4 is 22.8 Å². The largest absolute Gasteiger partial charge is 0.452 e. The third-order valence-electron chi connectivity index (χ3n) is 2.04. The van der Waals surface area contributed by atoms with E-state index in [0.717, 1.165) is 11.1 Å². The van der Waals surface area contributed by atoms with E-state index < -0.39 is 0 Å². The molecule has 6 heteroatoms. The van der Waals surface area contributed by atoms with E-state index in [1.807, 2.05) is 0 Å². The van der Waals surface area contributed by atoms with Crippen LogP contribution in [-0.2, 0) is 0 Å². The maximum Gasteiger partial charge on any atom is 0.203 e. The Labute approximate surface area is 89.1 Å². The van der Waals surface area contributed by atoms with Gasteiger partial charge in [-0.3, -0.25) is 0 Å². The molecule has 3 heterocycles. The van der Waals surface area contributed by atoms with Crippen LogP contribution in [0, 0.1) is 0 Å². The summed E-state index contributed by atoms with van der Waals surface area (Å²) in [4.78, 5) is 15.2. The van der Waals surface area contributed by atoms with E-state index in [-0.39, 0.29) is 0 Å². The Morgan fingerprint density at radius 2 is 2.33 bits per heavy atom. The molecular weight excluding hydrogens is 216 g/mol. The Morgan fingerprint density at radius 1 is 1.40 bits per heavy atom. The van der Waals surface area contributed by atoms with Crippen molar-refractivity contribution < 1.29 is 4.42 Å². The second-order valence-corrected chi connectivity index (χ2v) is 3.30. The highest BCUT2D eigenvalue weighted by atomic mass is 35.5. The number of nitrogens with zero attached hydrogens (tertiary/aromatic N) is 3. The van der Waals surface area contributed by atoms with Crippen LogP contribution in [0.4, 0.5) is 0 Å². The number of furan rings is 1.